The van der Waals surface area contributed by atoms with Crippen molar-refractivity contribution >= 4 is 17.4 Å². The monoisotopic (exact) mass is 361 g/mol. The van der Waals surface area contributed by atoms with Gasteiger partial charge in [-0.15, -0.1) is 0 Å². The lowest BCUT2D eigenvalue weighted by Crippen LogP contribution is -2.16. The molecule has 6 nitrogen and oxygen atoms in total. The molecule has 0 saturated heterocycles. The Morgan fingerprint density at radius 1 is 1.11 bits per heavy atom. The van der Waals surface area contributed by atoms with Crippen molar-refractivity contribution in [2.24, 2.45) is 0 Å². The number of nitrogens with zero attached hydrogens (tertiary/aromatic N) is 3. The van der Waals surface area contributed by atoms with Crippen molar-refractivity contribution in [2.45, 2.75) is 33.2 Å². The first-order valence-corrected chi connectivity index (χ1v) is 8.91. The van der Waals surface area contributed by atoms with E-state index < -0.39 is 0 Å². The second-order valence-corrected chi connectivity index (χ2v) is 6.63. The Kier molecular flexibility index (Phi) is 5.76. The second kappa shape index (κ2) is 8.40. The predicted octanol–water partition coefficient (Wildman–Crippen LogP) is 4.17. The van der Waals surface area contributed by atoms with Crippen molar-refractivity contribution in [3.05, 3.63) is 77.5 Å². The first-order valence-electron chi connectivity index (χ1n) is 8.91. The van der Waals surface area contributed by atoms with Crippen molar-refractivity contribution in [3.63, 3.8) is 0 Å². The summed E-state index contributed by atoms with van der Waals surface area (Å²) in [5.41, 5.74) is 3.33. The quantitative estimate of drug-likeness (QED) is 0.689. The van der Waals surface area contributed by atoms with Crippen LogP contribution < -0.4 is 10.6 Å². The average molecular weight is 361 g/mol. The number of carbonyl (C=O) groups is 1. The summed E-state index contributed by atoms with van der Waals surface area (Å²) in [6, 6.07) is 13.4. The normalized spacial score (nSPS) is 10.7. The predicted molar refractivity (Wildman–Crippen MR) is 107 cm³/mol. The summed E-state index contributed by atoms with van der Waals surface area (Å²) in [4.78, 5) is 25.3. The van der Waals surface area contributed by atoms with E-state index in [-0.39, 0.29) is 5.91 Å². The summed E-state index contributed by atoms with van der Waals surface area (Å²) in [7, 11) is 0. The van der Waals surface area contributed by atoms with Crippen LogP contribution in [0.1, 0.15) is 47.2 Å². The lowest BCUT2D eigenvalue weighted by molar-refractivity contribution is 0.102. The van der Waals surface area contributed by atoms with E-state index in [0.29, 0.717) is 29.8 Å². The van der Waals surface area contributed by atoms with Crippen LogP contribution in [-0.4, -0.2) is 20.9 Å². The highest BCUT2D eigenvalue weighted by molar-refractivity contribution is 6.03. The fourth-order valence-corrected chi connectivity index (χ4v) is 2.62. The summed E-state index contributed by atoms with van der Waals surface area (Å²) in [6.07, 6.45) is 3.52. The summed E-state index contributed by atoms with van der Waals surface area (Å²) in [6.45, 7) is 6.61. The lowest BCUT2D eigenvalue weighted by Gasteiger charge is -2.10. The molecule has 2 N–H and O–H groups in total. The Hall–Kier alpha value is -3.28. The third-order valence-corrected chi connectivity index (χ3v) is 4.10. The third-order valence-electron chi connectivity index (χ3n) is 4.10. The molecule has 0 spiro atoms. The Morgan fingerprint density at radius 3 is 2.56 bits per heavy atom. The Balaban J connectivity index is 1.69. The molecule has 0 aliphatic rings. The summed E-state index contributed by atoms with van der Waals surface area (Å²) >= 11 is 0. The number of hydrogen-bond donors (Lipinski definition) is 2. The largest absolute Gasteiger partial charge is 0.366 e. The van der Waals surface area contributed by atoms with Crippen molar-refractivity contribution < 1.29 is 4.79 Å². The van der Waals surface area contributed by atoms with Crippen LogP contribution in [0.2, 0.25) is 0 Å². The van der Waals surface area contributed by atoms with Crippen molar-refractivity contribution in [1.82, 2.24) is 15.0 Å². The van der Waals surface area contributed by atoms with Crippen LogP contribution in [0.15, 0.2) is 54.9 Å². The van der Waals surface area contributed by atoms with Crippen LogP contribution in [-0.2, 0) is 6.54 Å². The van der Waals surface area contributed by atoms with Gasteiger partial charge in [-0.2, -0.15) is 0 Å². The molecular weight excluding hydrogens is 338 g/mol. The molecule has 2 heterocycles. The van der Waals surface area contributed by atoms with Crippen LogP contribution in [0.25, 0.3) is 0 Å². The highest BCUT2D eigenvalue weighted by Gasteiger charge is 2.11. The van der Waals surface area contributed by atoms with E-state index in [4.69, 9.17) is 0 Å². The van der Waals surface area contributed by atoms with Gasteiger partial charge in [0.15, 0.2) is 0 Å². The standard InChI is InChI=1S/C21H23N5O/c1-14(2)17-6-8-18(9-7-17)26-21(27)19-11-20(25-15(3)24-19)23-13-16-5-4-10-22-12-16/h4-12,14H,13H2,1-3H3,(H,26,27)(H,23,24,25). The molecule has 138 valence electrons. The average Bonchev–Trinajstić information content (AvgIpc) is 2.67. The number of nitrogens with one attached hydrogen (secondary N) is 2. The second-order valence-electron chi connectivity index (χ2n) is 6.63. The Bertz CT molecular complexity index is 908. The molecule has 1 amide bonds. The highest BCUT2D eigenvalue weighted by Crippen LogP contribution is 2.18. The van der Waals surface area contributed by atoms with E-state index in [2.05, 4.69) is 39.4 Å². The minimum Gasteiger partial charge on any atom is -0.366 e. The topological polar surface area (TPSA) is 79.8 Å². The van der Waals surface area contributed by atoms with Crippen molar-refractivity contribution in [2.75, 3.05) is 10.6 Å². The number of hydrogen-bond acceptors (Lipinski definition) is 5. The minimum absolute atomic E-state index is 0.262. The number of pyridine rings is 1. The number of aryl methyl sites for hydroxylation is 1. The van der Waals surface area contributed by atoms with Gasteiger partial charge in [-0.1, -0.05) is 32.0 Å². The fraction of sp³-hybridized carbons (Fsp3) is 0.238. The van der Waals surface area contributed by atoms with E-state index in [1.165, 1.54) is 5.56 Å². The fourth-order valence-electron chi connectivity index (χ4n) is 2.62. The first-order chi connectivity index (χ1) is 13.0. The van der Waals surface area contributed by atoms with Crippen LogP contribution in [0, 0.1) is 6.92 Å². The number of amides is 1. The third kappa shape index (κ3) is 5.10. The molecule has 3 rings (SSSR count). The summed E-state index contributed by atoms with van der Waals surface area (Å²) in [5, 5.41) is 6.10. The van der Waals surface area contributed by atoms with Gasteiger partial charge < -0.3 is 10.6 Å². The van der Waals surface area contributed by atoms with Crippen LogP contribution in [0.5, 0.6) is 0 Å². The van der Waals surface area contributed by atoms with Crippen LogP contribution >= 0.6 is 0 Å². The zero-order valence-electron chi connectivity index (χ0n) is 15.7. The van der Waals surface area contributed by atoms with E-state index in [0.717, 1.165) is 11.3 Å². The number of carbonyl (C=O) groups excluding carboxylic acids is 1. The highest BCUT2D eigenvalue weighted by atomic mass is 16.1. The number of benzene rings is 1. The van der Waals surface area contributed by atoms with Gasteiger partial charge in [0.2, 0.25) is 0 Å². The molecule has 2 aromatic heterocycles. The molecule has 1 aromatic carbocycles. The summed E-state index contributed by atoms with van der Waals surface area (Å²) in [5.74, 6) is 1.33. The zero-order chi connectivity index (χ0) is 19.2. The molecule has 27 heavy (non-hydrogen) atoms. The number of rotatable bonds is 6. The van der Waals surface area contributed by atoms with E-state index >= 15 is 0 Å². The first kappa shape index (κ1) is 18.5. The van der Waals surface area contributed by atoms with Gasteiger partial charge in [0.1, 0.15) is 17.3 Å². The summed E-state index contributed by atoms with van der Waals surface area (Å²) < 4.78 is 0. The van der Waals surface area contributed by atoms with Gasteiger partial charge in [0, 0.05) is 30.7 Å². The molecular formula is C21H23N5O. The van der Waals surface area contributed by atoms with Crippen molar-refractivity contribution in [1.29, 1.82) is 0 Å². The molecule has 0 aliphatic heterocycles. The molecule has 0 unspecified atom stereocenters. The lowest BCUT2D eigenvalue weighted by atomic mass is 10.0. The number of anilines is 2. The maximum absolute atomic E-state index is 12.6. The van der Waals surface area contributed by atoms with Crippen molar-refractivity contribution in [3.8, 4) is 0 Å². The Morgan fingerprint density at radius 2 is 1.89 bits per heavy atom. The van der Waals surface area contributed by atoms with Gasteiger partial charge >= 0.3 is 0 Å². The smallest absolute Gasteiger partial charge is 0.274 e. The van der Waals surface area contributed by atoms with Gasteiger partial charge in [-0.3, -0.25) is 9.78 Å². The Labute approximate surface area is 159 Å². The van der Waals surface area contributed by atoms with Gasteiger partial charge in [-0.05, 0) is 42.2 Å². The molecule has 0 aliphatic carbocycles. The minimum atomic E-state index is -0.262. The van der Waals surface area contributed by atoms with Gasteiger partial charge in [0.05, 0.1) is 0 Å². The van der Waals surface area contributed by atoms with E-state index in [1.54, 1.807) is 25.4 Å². The van der Waals surface area contributed by atoms with E-state index in [1.807, 2.05) is 36.4 Å². The number of aromatic nitrogens is 3. The molecule has 6 heteroatoms. The van der Waals surface area contributed by atoms with Gasteiger partial charge in [0.25, 0.3) is 5.91 Å². The molecule has 0 saturated carbocycles. The zero-order valence-corrected chi connectivity index (χ0v) is 15.7. The maximum atomic E-state index is 12.6. The van der Waals surface area contributed by atoms with Crippen LogP contribution in [0.4, 0.5) is 11.5 Å². The molecule has 0 radical (unpaired) electrons. The molecule has 3 aromatic rings. The molecule has 0 atom stereocenters. The van der Waals surface area contributed by atoms with Gasteiger partial charge in [-0.25, -0.2) is 9.97 Å². The maximum Gasteiger partial charge on any atom is 0.274 e. The molecule has 0 bridgehead atoms. The van der Waals surface area contributed by atoms with Crippen LogP contribution in [0.3, 0.4) is 0 Å². The molecule has 0 fully saturated rings. The van der Waals surface area contributed by atoms with E-state index in [9.17, 15) is 4.79 Å². The SMILES string of the molecule is Cc1nc(NCc2cccnc2)cc(C(=O)Nc2ccc(C(C)C)cc2)n1.